The van der Waals surface area contributed by atoms with Crippen molar-refractivity contribution in [3.63, 3.8) is 0 Å². The van der Waals surface area contributed by atoms with E-state index in [1.165, 1.54) is 31.4 Å². The smallest absolute Gasteiger partial charge is 0.269 e. The summed E-state index contributed by atoms with van der Waals surface area (Å²) in [5.74, 6) is 0.0854. The summed E-state index contributed by atoms with van der Waals surface area (Å²) in [6, 6.07) is 6.32. The summed E-state index contributed by atoms with van der Waals surface area (Å²) in [6.07, 6.45) is 4.45. The molecule has 7 nitrogen and oxygen atoms in total. The maximum atomic E-state index is 11.8. The molecule has 1 aromatic rings. The lowest BCUT2D eigenvalue weighted by molar-refractivity contribution is -0.384. The van der Waals surface area contributed by atoms with Crippen molar-refractivity contribution in [1.82, 2.24) is 10.2 Å². The van der Waals surface area contributed by atoms with Crippen LogP contribution in [0.2, 0.25) is 0 Å². The minimum absolute atomic E-state index is 0.0838. The van der Waals surface area contributed by atoms with E-state index >= 15 is 0 Å². The van der Waals surface area contributed by atoms with Crippen molar-refractivity contribution in [3.8, 4) is 0 Å². The van der Waals surface area contributed by atoms with Gasteiger partial charge < -0.3 is 10.6 Å². The molecule has 7 heteroatoms. The molecule has 126 valence electrons. The van der Waals surface area contributed by atoms with Crippen LogP contribution in [-0.2, 0) is 4.79 Å². The minimum Gasteiger partial charge on any atom is -0.385 e. The number of piperidine rings is 1. The Balaban J connectivity index is 1.56. The minimum atomic E-state index is -0.415. The number of amides is 1. The Labute approximate surface area is 136 Å². The first-order valence-corrected chi connectivity index (χ1v) is 8.12. The average molecular weight is 320 g/mol. The fourth-order valence-corrected chi connectivity index (χ4v) is 2.63. The second-order valence-corrected chi connectivity index (χ2v) is 5.77. The van der Waals surface area contributed by atoms with E-state index in [0.29, 0.717) is 19.6 Å². The largest absolute Gasteiger partial charge is 0.385 e. The Morgan fingerprint density at radius 1 is 1.13 bits per heavy atom. The van der Waals surface area contributed by atoms with Gasteiger partial charge in [-0.15, -0.1) is 0 Å². The molecule has 0 spiro atoms. The molecule has 0 radical (unpaired) electrons. The first-order chi connectivity index (χ1) is 11.1. The molecule has 1 amide bonds. The highest BCUT2D eigenvalue weighted by molar-refractivity contribution is 5.77. The SMILES string of the molecule is O=C(CN1CCCCC1)NCCCNc1ccc([N+](=O)[O-])cc1. The molecule has 1 aliphatic heterocycles. The third kappa shape index (κ3) is 6.23. The van der Waals surface area contributed by atoms with Crippen LogP contribution in [0.3, 0.4) is 0 Å². The van der Waals surface area contributed by atoms with Crippen LogP contribution in [0.4, 0.5) is 11.4 Å². The number of nitro groups is 1. The van der Waals surface area contributed by atoms with Crippen LogP contribution in [0.1, 0.15) is 25.7 Å². The Kier molecular flexibility index (Phi) is 6.80. The maximum Gasteiger partial charge on any atom is 0.269 e. The van der Waals surface area contributed by atoms with E-state index < -0.39 is 4.92 Å². The third-order valence-corrected chi connectivity index (χ3v) is 3.90. The van der Waals surface area contributed by atoms with E-state index in [1.54, 1.807) is 12.1 Å². The normalized spacial score (nSPS) is 15.1. The number of non-ortho nitro benzene ring substituents is 1. The van der Waals surface area contributed by atoms with E-state index in [1.807, 2.05) is 0 Å². The third-order valence-electron chi connectivity index (χ3n) is 3.90. The van der Waals surface area contributed by atoms with Crippen molar-refractivity contribution in [2.45, 2.75) is 25.7 Å². The van der Waals surface area contributed by atoms with E-state index in [9.17, 15) is 14.9 Å². The lowest BCUT2D eigenvalue weighted by Gasteiger charge is -2.25. The Morgan fingerprint density at radius 2 is 1.83 bits per heavy atom. The molecular formula is C16H24N4O3. The van der Waals surface area contributed by atoms with E-state index in [2.05, 4.69) is 15.5 Å². The first kappa shape index (κ1) is 17.2. The van der Waals surface area contributed by atoms with Crippen molar-refractivity contribution in [1.29, 1.82) is 0 Å². The van der Waals surface area contributed by atoms with E-state index in [-0.39, 0.29) is 11.6 Å². The molecule has 0 saturated carbocycles. The lowest BCUT2D eigenvalue weighted by Crippen LogP contribution is -2.40. The Hall–Kier alpha value is -2.15. The quantitative estimate of drug-likeness (QED) is 0.434. The fraction of sp³-hybridized carbons (Fsp3) is 0.562. The van der Waals surface area contributed by atoms with E-state index in [4.69, 9.17) is 0 Å². The number of rotatable bonds is 8. The molecule has 1 saturated heterocycles. The van der Waals surface area contributed by atoms with Gasteiger partial charge >= 0.3 is 0 Å². The number of carbonyl (C=O) groups excluding carboxylic acids is 1. The van der Waals surface area contributed by atoms with Gasteiger partial charge in [-0.25, -0.2) is 0 Å². The summed E-state index contributed by atoms with van der Waals surface area (Å²) in [6.45, 7) is 3.88. The summed E-state index contributed by atoms with van der Waals surface area (Å²) < 4.78 is 0. The van der Waals surface area contributed by atoms with Crippen LogP contribution in [0.5, 0.6) is 0 Å². The number of likely N-dealkylation sites (tertiary alicyclic amines) is 1. The zero-order valence-corrected chi connectivity index (χ0v) is 13.3. The number of hydrogen-bond donors (Lipinski definition) is 2. The van der Waals surface area contributed by atoms with Crippen LogP contribution >= 0.6 is 0 Å². The molecule has 23 heavy (non-hydrogen) atoms. The van der Waals surface area contributed by atoms with Crippen molar-refractivity contribution in [2.24, 2.45) is 0 Å². The van der Waals surface area contributed by atoms with Crippen molar-refractivity contribution in [3.05, 3.63) is 34.4 Å². The second-order valence-electron chi connectivity index (χ2n) is 5.77. The highest BCUT2D eigenvalue weighted by Crippen LogP contribution is 2.15. The molecule has 1 fully saturated rings. The average Bonchev–Trinajstić information content (AvgIpc) is 2.56. The van der Waals surface area contributed by atoms with Gasteiger partial charge in [0.25, 0.3) is 5.69 Å². The van der Waals surface area contributed by atoms with Gasteiger partial charge in [0.15, 0.2) is 0 Å². The number of nitrogens with zero attached hydrogens (tertiary/aromatic N) is 2. The standard InChI is InChI=1S/C16H24N4O3/c21-16(13-19-11-2-1-3-12-19)18-10-4-9-17-14-5-7-15(8-6-14)20(22)23/h5-8,17H,1-4,9-13H2,(H,18,21). The van der Waals surface area contributed by atoms with Crippen molar-refractivity contribution < 1.29 is 9.72 Å². The molecule has 2 rings (SSSR count). The molecule has 1 aliphatic rings. The van der Waals surface area contributed by atoms with Crippen LogP contribution in [0, 0.1) is 10.1 Å². The number of nitrogens with one attached hydrogen (secondary N) is 2. The lowest BCUT2D eigenvalue weighted by atomic mass is 10.1. The van der Waals surface area contributed by atoms with Gasteiger partial charge in [-0.1, -0.05) is 6.42 Å². The molecule has 0 atom stereocenters. The van der Waals surface area contributed by atoms with Gasteiger partial charge in [0.2, 0.25) is 5.91 Å². The number of benzene rings is 1. The molecule has 0 bridgehead atoms. The molecule has 1 aromatic carbocycles. The molecule has 0 unspecified atom stereocenters. The van der Waals surface area contributed by atoms with Crippen molar-refractivity contribution >= 4 is 17.3 Å². The van der Waals surface area contributed by atoms with Gasteiger partial charge in [0.05, 0.1) is 11.5 Å². The fourth-order valence-electron chi connectivity index (χ4n) is 2.63. The van der Waals surface area contributed by atoms with Gasteiger partial charge in [-0.2, -0.15) is 0 Å². The van der Waals surface area contributed by atoms with Gasteiger partial charge in [-0.3, -0.25) is 19.8 Å². The molecule has 1 heterocycles. The van der Waals surface area contributed by atoms with E-state index in [0.717, 1.165) is 25.2 Å². The Morgan fingerprint density at radius 3 is 2.48 bits per heavy atom. The summed E-state index contributed by atoms with van der Waals surface area (Å²) in [4.78, 5) is 24.2. The zero-order chi connectivity index (χ0) is 16.5. The summed E-state index contributed by atoms with van der Waals surface area (Å²) >= 11 is 0. The van der Waals surface area contributed by atoms with Gasteiger partial charge in [0.1, 0.15) is 0 Å². The predicted octanol–water partition coefficient (Wildman–Crippen LogP) is 2.00. The maximum absolute atomic E-state index is 11.8. The monoisotopic (exact) mass is 320 g/mol. The molecule has 2 N–H and O–H groups in total. The highest BCUT2D eigenvalue weighted by atomic mass is 16.6. The number of hydrogen-bond acceptors (Lipinski definition) is 5. The number of anilines is 1. The Bertz CT molecular complexity index is 513. The molecule has 0 aromatic heterocycles. The zero-order valence-electron chi connectivity index (χ0n) is 13.3. The van der Waals surface area contributed by atoms with Crippen LogP contribution in [0.25, 0.3) is 0 Å². The molecular weight excluding hydrogens is 296 g/mol. The first-order valence-electron chi connectivity index (χ1n) is 8.12. The topological polar surface area (TPSA) is 87.5 Å². The van der Waals surface area contributed by atoms with Gasteiger partial charge in [-0.05, 0) is 44.5 Å². The van der Waals surface area contributed by atoms with Crippen LogP contribution in [-0.4, -0.2) is 48.5 Å². The van der Waals surface area contributed by atoms with Gasteiger partial charge in [0, 0.05) is 30.9 Å². The number of nitro benzene ring substituents is 1. The summed E-state index contributed by atoms with van der Waals surface area (Å²) in [5, 5.41) is 16.7. The summed E-state index contributed by atoms with van der Waals surface area (Å²) in [5.41, 5.74) is 0.927. The van der Waals surface area contributed by atoms with Crippen molar-refractivity contribution in [2.75, 3.05) is 38.0 Å². The molecule has 0 aliphatic carbocycles. The number of carbonyl (C=O) groups is 1. The highest BCUT2D eigenvalue weighted by Gasteiger charge is 2.13. The summed E-state index contributed by atoms with van der Waals surface area (Å²) in [7, 11) is 0. The van der Waals surface area contributed by atoms with Crippen LogP contribution < -0.4 is 10.6 Å². The second kappa shape index (κ2) is 9.09. The predicted molar refractivity (Wildman–Crippen MR) is 89.5 cm³/mol. The van der Waals surface area contributed by atoms with Crippen LogP contribution in [0.15, 0.2) is 24.3 Å².